The second kappa shape index (κ2) is 5.78. The second-order valence-electron chi connectivity index (χ2n) is 4.98. The van der Waals surface area contributed by atoms with Crippen LogP contribution in [-0.2, 0) is 13.6 Å². The molecule has 3 aromatic rings. The SMILES string of the molecule is Cn1ccc2ccc(C(=O)NCCCn3ccnn3)cc21. The third-order valence-corrected chi connectivity index (χ3v) is 3.47. The molecule has 1 aromatic carbocycles. The number of nitrogens with zero attached hydrogens (tertiary/aromatic N) is 4. The van der Waals surface area contributed by atoms with E-state index >= 15 is 0 Å². The Balaban J connectivity index is 1.57. The molecule has 0 unspecified atom stereocenters. The molecule has 0 aliphatic rings. The van der Waals surface area contributed by atoms with Crippen LogP contribution in [0.15, 0.2) is 42.9 Å². The molecular weight excluding hydrogens is 266 g/mol. The number of hydrogen-bond donors (Lipinski definition) is 1. The Morgan fingerprint density at radius 3 is 3.00 bits per heavy atom. The Kier molecular flexibility index (Phi) is 3.68. The highest BCUT2D eigenvalue weighted by Crippen LogP contribution is 2.16. The molecule has 0 spiro atoms. The maximum Gasteiger partial charge on any atom is 0.251 e. The number of carbonyl (C=O) groups is 1. The maximum absolute atomic E-state index is 12.1. The lowest BCUT2D eigenvalue weighted by molar-refractivity contribution is 0.0952. The average molecular weight is 283 g/mol. The molecule has 6 nitrogen and oxygen atoms in total. The fourth-order valence-electron chi connectivity index (χ4n) is 2.30. The molecule has 0 radical (unpaired) electrons. The lowest BCUT2D eigenvalue weighted by Gasteiger charge is -2.06. The van der Waals surface area contributed by atoms with E-state index in [1.165, 1.54) is 0 Å². The molecule has 2 heterocycles. The summed E-state index contributed by atoms with van der Waals surface area (Å²) in [4.78, 5) is 12.1. The fraction of sp³-hybridized carbons (Fsp3) is 0.267. The number of nitrogens with one attached hydrogen (secondary N) is 1. The van der Waals surface area contributed by atoms with Gasteiger partial charge in [-0.05, 0) is 30.0 Å². The highest BCUT2D eigenvalue weighted by Gasteiger charge is 2.07. The highest BCUT2D eigenvalue weighted by atomic mass is 16.1. The summed E-state index contributed by atoms with van der Waals surface area (Å²) in [5, 5.41) is 11.7. The monoisotopic (exact) mass is 283 g/mol. The van der Waals surface area contributed by atoms with Crippen LogP contribution in [0.2, 0.25) is 0 Å². The summed E-state index contributed by atoms with van der Waals surface area (Å²) in [7, 11) is 1.97. The van der Waals surface area contributed by atoms with Gasteiger partial charge < -0.3 is 9.88 Å². The quantitative estimate of drug-likeness (QED) is 0.723. The van der Waals surface area contributed by atoms with Crippen LogP contribution < -0.4 is 5.32 Å². The van der Waals surface area contributed by atoms with Gasteiger partial charge in [-0.15, -0.1) is 5.10 Å². The van der Waals surface area contributed by atoms with E-state index < -0.39 is 0 Å². The van der Waals surface area contributed by atoms with E-state index in [1.54, 1.807) is 10.9 Å². The van der Waals surface area contributed by atoms with Gasteiger partial charge in [0.25, 0.3) is 5.91 Å². The van der Waals surface area contributed by atoms with E-state index in [4.69, 9.17) is 0 Å². The minimum Gasteiger partial charge on any atom is -0.352 e. The van der Waals surface area contributed by atoms with Gasteiger partial charge >= 0.3 is 0 Å². The molecule has 0 saturated carbocycles. The molecule has 0 aliphatic heterocycles. The largest absolute Gasteiger partial charge is 0.352 e. The Labute approximate surface area is 122 Å². The zero-order valence-electron chi connectivity index (χ0n) is 11.9. The molecule has 6 heteroatoms. The lowest BCUT2D eigenvalue weighted by Crippen LogP contribution is -2.25. The third kappa shape index (κ3) is 2.94. The number of aryl methyl sites for hydroxylation is 2. The Morgan fingerprint density at radius 1 is 1.29 bits per heavy atom. The van der Waals surface area contributed by atoms with E-state index in [-0.39, 0.29) is 5.91 Å². The minimum absolute atomic E-state index is 0.0447. The zero-order chi connectivity index (χ0) is 14.7. The van der Waals surface area contributed by atoms with Crippen molar-refractivity contribution in [3.63, 3.8) is 0 Å². The molecule has 3 rings (SSSR count). The van der Waals surface area contributed by atoms with E-state index in [2.05, 4.69) is 15.6 Å². The Morgan fingerprint density at radius 2 is 2.19 bits per heavy atom. The molecule has 0 bridgehead atoms. The standard InChI is InChI=1S/C15H17N5O/c1-19-9-5-12-3-4-13(11-14(12)19)15(21)16-6-2-8-20-10-7-17-18-20/h3-5,7,9-11H,2,6,8H2,1H3,(H,16,21). The predicted molar refractivity (Wildman–Crippen MR) is 79.9 cm³/mol. The summed E-state index contributed by atoms with van der Waals surface area (Å²) in [6.45, 7) is 1.36. The van der Waals surface area contributed by atoms with Crippen molar-refractivity contribution in [1.29, 1.82) is 0 Å². The molecule has 0 aliphatic carbocycles. The summed E-state index contributed by atoms with van der Waals surface area (Å²) >= 11 is 0. The van der Waals surface area contributed by atoms with E-state index in [0.717, 1.165) is 23.9 Å². The first-order valence-electron chi connectivity index (χ1n) is 6.91. The molecule has 1 N–H and O–H groups in total. The van der Waals surface area contributed by atoms with Gasteiger partial charge in [0.15, 0.2) is 0 Å². The third-order valence-electron chi connectivity index (χ3n) is 3.47. The molecular formula is C15H17N5O. The van der Waals surface area contributed by atoms with Crippen molar-refractivity contribution in [1.82, 2.24) is 24.9 Å². The second-order valence-corrected chi connectivity index (χ2v) is 4.98. The van der Waals surface area contributed by atoms with Gasteiger partial charge in [-0.3, -0.25) is 9.48 Å². The zero-order valence-corrected chi connectivity index (χ0v) is 11.9. The van der Waals surface area contributed by atoms with Crippen LogP contribution in [0.1, 0.15) is 16.8 Å². The minimum atomic E-state index is -0.0447. The molecule has 2 aromatic heterocycles. The van der Waals surface area contributed by atoms with Crippen LogP contribution in [0.25, 0.3) is 10.9 Å². The van der Waals surface area contributed by atoms with Gasteiger partial charge in [0.1, 0.15) is 0 Å². The number of rotatable bonds is 5. The smallest absolute Gasteiger partial charge is 0.251 e. The number of fused-ring (bicyclic) bond motifs is 1. The summed E-state index contributed by atoms with van der Waals surface area (Å²) in [5.74, 6) is -0.0447. The van der Waals surface area contributed by atoms with E-state index in [9.17, 15) is 4.79 Å². The molecule has 108 valence electrons. The van der Waals surface area contributed by atoms with Crippen LogP contribution in [0, 0.1) is 0 Å². The topological polar surface area (TPSA) is 64.7 Å². The van der Waals surface area contributed by atoms with Crippen LogP contribution in [0.3, 0.4) is 0 Å². The van der Waals surface area contributed by atoms with Gasteiger partial charge in [0, 0.05) is 43.6 Å². The van der Waals surface area contributed by atoms with Gasteiger partial charge in [-0.1, -0.05) is 11.3 Å². The van der Waals surface area contributed by atoms with Crippen LogP contribution in [0.5, 0.6) is 0 Å². The van der Waals surface area contributed by atoms with Gasteiger partial charge in [-0.25, -0.2) is 0 Å². The molecule has 1 amide bonds. The van der Waals surface area contributed by atoms with Crippen molar-refractivity contribution in [2.45, 2.75) is 13.0 Å². The molecule has 0 atom stereocenters. The molecule has 0 fully saturated rings. The first kappa shape index (κ1) is 13.4. The fourth-order valence-corrected chi connectivity index (χ4v) is 2.30. The van der Waals surface area contributed by atoms with Crippen LogP contribution in [0.4, 0.5) is 0 Å². The van der Waals surface area contributed by atoms with Crippen molar-refractivity contribution in [3.05, 3.63) is 48.4 Å². The number of amides is 1. The first-order valence-corrected chi connectivity index (χ1v) is 6.91. The van der Waals surface area contributed by atoms with Crippen molar-refractivity contribution in [3.8, 4) is 0 Å². The van der Waals surface area contributed by atoms with Gasteiger partial charge in [-0.2, -0.15) is 0 Å². The average Bonchev–Trinajstić information content (AvgIpc) is 3.13. The van der Waals surface area contributed by atoms with Crippen LogP contribution >= 0.6 is 0 Å². The highest BCUT2D eigenvalue weighted by molar-refractivity contribution is 5.98. The summed E-state index contributed by atoms with van der Waals surface area (Å²) in [6.07, 6.45) is 6.27. The Hall–Kier alpha value is -2.63. The number of carbonyl (C=O) groups excluding carboxylic acids is 1. The van der Waals surface area contributed by atoms with Crippen molar-refractivity contribution in [2.75, 3.05) is 6.54 Å². The first-order chi connectivity index (χ1) is 10.2. The number of hydrogen-bond acceptors (Lipinski definition) is 3. The summed E-state index contributed by atoms with van der Waals surface area (Å²) < 4.78 is 3.76. The van der Waals surface area contributed by atoms with Crippen molar-refractivity contribution in [2.24, 2.45) is 7.05 Å². The number of benzene rings is 1. The lowest BCUT2D eigenvalue weighted by atomic mass is 10.1. The Bertz CT molecular complexity index is 745. The van der Waals surface area contributed by atoms with Crippen LogP contribution in [-0.4, -0.2) is 32.0 Å². The van der Waals surface area contributed by atoms with Crippen molar-refractivity contribution >= 4 is 16.8 Å². The van der Waals surface area contributed by atoms with E-state index in [1.807, 2.05) is 48.3 Å². The van der Waals surface area contributed by atoms with Gasteiger partial charge in [0.2, 0.25) is 0 Å². The van der Waals surface area contributed by atoms with E-state index in [0.29, 0.717) is 12.1 Å². The predicted octanol–water partition coefficient (Wildman–Crippen LogP) is 1.59. The normalized spacial score (nSPS) is 10.9. The molecule has 0 saturated heterocycles. The summed E-state index contributed by atoms with van der Waals surface area (Å²) in [6, 6.07) is 7.78. The molecule has 21 heavy (non-hydrogen) atoms. The number of aromatic nitrogens is 4. The van der Waals surface area contributed by atoms with Crippen molar-refractivity contribution < 1.29 is 4.79 Å². The maximum atomic E-state index is 12.1. The van der Waals surface area contributed by atoms with Gasteiger partial charge in [0.05, 0.1) is 6.20 Å². The summed E-state index contributed by atoms with van der Waals surface area (Å²) in [5.41, 5.74) is 1.75.